The minimum absolute atomic E-state index is 0.0103. The quantitative estimate of drug-likeness (QED) is 0.875. The van der Waals surface area contributed by atoms with Gasteiger partial charge in [-0.05, 0) is 25.0 Å². The van der Waals surface area contributed by atoms with E-state index in [2.05, 4.69) is 5.32 Å². The number of aryl methyl sites for hydroxylation is 1. The average Bonchev–Trinajstić information content (AvgIpc) is 2.63. The summed E-state index contributed by atoms with van der Waals surface area (Å²) < 4.78 is 24.3. The van der Waals surface area contributed by atoms with E-state index in [1.807, 2.05) is 6.07 Å². The van der Waals surface area contributed by atoms with Crippen LogP contribution in [0.2, 0.25) is 0 Å². The highest BCUT2D eigenvalue weighted by Gasteiger charge is 2.27. The Morgan fingerprint density at radius 3 is 2.65 bits per heavy atom. The summed E-state index contributed by atoms with van der Waals surface area (Å²) in [6.45, 7) is 1.78. The smallest absolute Gasteiger partial charge is 0.220 e. The van der Waals surface area contributed by atoms with Crippen LogP contribution in [0.25, 0.3) is 0 Å². The number of rotatable bonds is 3. The molecule has 1 fully saturated rings. The monoisotopic (exact) mass is 253 g/mol. The maximum Gasteiger partial charge on any atom is 0.220 e. The molecule has 2 rings (SSSR count). The molecule has 0 aromatic heterocycles. The molecule has 0 unspecified atom stereocenters. The van der Waals surface area contributed by atoms with Gasteiger partial charge in [0.15, 0.2) is 9.84 Å². The molecule has 5 heteroatoms. The number of hydrogen-bond donors (Lipinski definition) is 1. The van der Waals surface area contributed by atoms with Gasteiger partial charge in [0.05, 0.1) is 10.6 Å². The fourth-order valence-electron chi connectivity index (χ4n) is 2.06. The average molecular weight is 253 g/mol. The lowest BCUT2D eigenvalue weighted by Gasteiger charge is -2.12. The minimum atomic E-state index is -3.31. The standard InChI is InChI=1S/C12H15NO3S/c1-9-4-2-3-5-11(9)17(15,16)8-10-6-7-12(14)13-10/h2-5,10H,6-8H2,1H3,(H,13,14)/t10-/m0/s1. The van der Waals surface area contributed by atoms with Crippen molar-refractivity contribution >= 4 is 15.7 Å². The zero-order chi connectivity index (χ0) is 12.5. The van der Waals surface area contributed by atoms with Crippen molar-refractivity contribution in [3.05, 3.63) is 29.8 Å². The molecular weight excluding hydrogens is 238 g/mol. The number of sulfone groups is 1. The van der Waals surface area contributed by atoms with E-state index >= 15 is 0 Å². The van der Waals surface area contributed by atoms with Gasteiger partial charge in [0, 0.05) is 12.5 Å². The van der Waals surface area contributed by atoms with Crippen molar-refractivity contribution in [3.63, 3.8) is 0 Å². The van der Waals surface area contributed by atoms with Crippen molar-refractivity contribution in [1.82, 2.24) is 5.32 Å². The van der Waals surface area contributed by atoms with E-state index < -0.39 is 9.84 Å². The first-order valence-corrected chi connectivity index (χ1v) is 7.22. The molecule has 0 radical (unpaired) electrons. The molecule has 1 aliphatic rings. The predicted molar refractivity (Wildman–Crippen MR) is 64.4 cm³/mol. The Labute approximate surface area is 101 Å². The largest absolute Gasteiger partial charge is 0.352 e. The molecular formula is C12H15NO3S. The van der Waals surface area contributed by atoms with Crippen molar-refractivity contribution < 1.29 is 13.2 Å². The van der Waals surface area contributed by atoms with Crippen LogP contribution in [0.3, 0.4) is 0 Å². The summed E-state index contributed by atoms with van der Waals surface area (Å²) in [7, 11) is -3.31. The number of hydrogen-bond acceptors (Lipinski definition) is 3. The molecule has 1 atom stereocenters. The normalized spacial score (nSPS) is 20.3. The third kappa shape index (κ3) is 2.66. The molecule has 4 nitrogen and oxygen atoms in total. The van der Waals surface area contributed by atoms with Crippen LogP contribution in [0, 0.1) is 6.92 Å². The molecule has 0 saturated carbocycles. The molecule has 0 spiro atoms. The van der Waals surface area contributed by atoms with Crippen LogP contribution in [-0.2, 0) is 14.6 Å². The van der Waals surface area contributed by atoms with Crippen molar-refractivity contribution in [1.29, 1.82) is 0 Å². The van der Waals surface area contributed by atoms with E-state index in [-0.39, 0.29) is 17.7 Å². The molecule has 1 N–H and O–H groups in total. The third-order valence-corrected chi connectivity index (χ3v) is 4.90. The number of benzene rings is 1. The molecule has 1 saturated heterocycles. The highest BCUT2D eigenvalue weighted by Crippen LogP contribution is 2.19. The summed E-state index contributed by atoms with van der Waals surface area (Å²) in [5, 5.41) is 2.68. The van der Waals surface area contributed by atoms with Gasteiger partial charge in [0.1, 0.15) is 0 Å². The fraction of sp³-hybridized carbons (Fsp3) is 0.417. The first kappa shape index (κ1) is 12.1. The maximum absolute atomic E-state index is 12.2. The predicted octanol–water partition coefficient (Wildman–Crippen LogP) is 1.05. The lowest BCUT2D eigenvalue weighted by molar-refractivity contribution is -0.119. The molecule has 92 valence electrons. The molecule has 0 bridgehead atoms. The maximum atomic E-state index is 12.2. The first-order chi connectivity index (χ1) is 7.99. The van der Waals surface area contributed by atoms with Crippen LogP contribution < -0.4 is 5.32 Å². The number of carbonyl (C=O) groups is 1. The second-order valence-electron chi connectivity index (χ2n) is 4.35. The minimum Gasteiger partial charge on any atom is -0.352 e. The summed E-state index contributed by atoms with van der Waals surface area (Å²) >= 11 is 0. The topological polar surface area (TPSA) is 63.2 Å². The van der Waals surface area contributed by atoms with Gasteiger partial charge >= 0.3 is 0 Å². The summed E-state index contributed by atoms with van der Waals surface area (Å²) in [6, 6.07) is 6.67. The molecule has 1 amide bonds. The van der Waals surface area contributed by atoms with Gasteiger partial charge in [-0.2, -0.15) is 0 Å². The second kappa shape index (κ2) is 4.49. The molecule has 0 aliphatic carbocycles. The molecule has 17 heavy (non-hydrogen) atoms. The Balaban J connectivity index is 2.20. The number of nitrogens with one attached hydrogen (secondary N) is 1. The van der Waals surface area contributed by atoms with Gasteiger partial charge in [0.25, 0.3) is 0 Å². The lowest BCUT2D eigenvalue weighted by Crippen LogP contribution is -2.32. The lowest BCUT2D eigenvalue weighted by atomic mass is 10.2. The zero-order valence-electron chi connectivity index (χ0n) is 9.64. The summed E-state index contributed by atoms with van der Waals surface area (Å²) in [5.41, 5.74) is 0.747. The Kier molecular flexibility index (Phi) is 3.19. The van der Waals surface area contributed by atoms with Crippen molar-refractivity contribution in [2.75, 3.05) is 5.75 Å². The van der Waals surface area contributed by atoms with Crippen molar-refractivity contribution in [2.24, 2.45) is 0 Å². The second-order valence-corrected chi connectivity index (χ2v) is 6.35. The molecule has 1 heterocycles. The van der Waals surface area contributed by atoms with Gasteiger partial charge < -0.3 is 5.32 Å². The van der Waals surface area contributed by atoms with Crippen LogP contribution in [0.15, 0.2) is 29.2 Å². The van der Waals surface area contributed by atoms with E-state index in [4.69, 9.17) is 0 Å². The van der Waals surface area contributed by atoms with Crippen LogP contribution in [0.1, 0.15) is 18.4 Å². The number of carbonyl (C=O) groups excluding carboxylic acids is 1. The van der Waals surface area contributed by atoms with Gasteiger partial charge in [-0.15, -0.1) is 0 Å². The highest BCUT2D eigenvalue weighted by atomic mass is 32.2. The Morgan fingerprint density at radius 1 is 1.35 bits per heavy atom. The Hall–Kier alpha value is -1.36. The first-order valence-electron chi connectivity index (χ1n) is 5.57. The van der Waals surface area contributed by atoms with Gasteiger partial charge in [-0.25, -0.2) is 8.42 Å². The van der Waals surface area contributed by atoms with Crippen LogP contribution in [0.4, 0.5) is 0 Å². The van der Waals surface area contributed by atoms with Gasteiger partial charge in [0.2, 0.25) is 5.91 Å². The summed E-state index contributed by atoms with van der Waals surface area (Å²) in [6.07, 6.45) is 1.03. The van der Waals surface area contributed by atoms with E-state index in [0.717, 1.165) is 5.56 Å². The Morgan fingerprint density at radius 2 is 2.06 bits per heavy atom. The highest BCUT2D eigenvalue weighted by molar-refractivity contribution is 7.91. The van der Waals surface area contributed by atoms with Crippen LogP contribution >= 0.6 is 0 Å². The van der Waals surface area contributed by atoms with E-state index in [1.54, 1.807) is 25.1 Å². The van der Waals surface area contributed by atoms with Crippen LogP contribution in [0.5, 0.6) is 0 Å². The van der Waals surface area contributed by atoms with E-state index in [1.165, 1.54) is 0 Å². The molecule has 1 aromatic carbocycles. The van der Waals surface area contributed by atoms with E-state index in [0.29, 0.717) is 17.7 Å². The number of amides is 1. The van der Waals surface area contributed by atoms with E-state index in [9.17, 15) is 13.2 Å². The zero-order valence-corrected chi connectivity index (χ0v) is 10.5. The Bertz CT molecular complexity index is 536. The third-order valence-electron chi connectivity index (χ3n) is 2.93. The molecule has 1 aromatic rings. The van der Waals surface area contributed by atoms with Crippen molar-refractivity contribution in [3.8, 4) is 0 Å². The van der Waals surface area contributed by atoms with Gasteiger partial charge in [-0.3, -0.25) is 4.79 Å². The summed E-state index contributed by atoms with van der Waals surface area (Å²) in [5.74, 6) is -0.0705. The fourth-order valence-corrected chi connectivity index (χ4v) is 3.87. The van der Waals surface area contributed by atoms with Crippen molar-refractivity contribution in [2.45, 2.75) is 30.7 Å². The van der Waals surface area contributed by atoms with Gasteiger partial charge in [-0.1, -0.05) is 18.2 Å². The molecule has 1 aliphatic heterocycles. The SMILES string of the molecule is Cc1ccccc1S(=O)(=O)C[C@@H]1CCC(=O)N1. The summed E-state index contributed by atoms with van der Waals surface area (Å²) in [4.78, 5) is 11.4. The van der Waals surface area contributed by atoms with Crippen LogP contribution in [-0.4, -0.2) is 26.1 Å².